The number of aliphatic hydroxyl groups is 1. The van der Waals surface area contributed by atoms with Gasteiger partial charge in [0.15, 0.2) is 0 Å². The Kier molecular flexibility index (Phi) is 2.17. The molecule has 72 valence electrons. The molecule has 2 aromatic rings. The van der Waals surface area contributed by atoms with Gasteiger partial charge in [0, 0.05) is 11.6 Å². The molecule has 2 rings (SSSR count). The first-order valence-corrected chi connectivity index (χ1v) is 4.41. The molecule has 0 fully saturated rings. The molecule has 1 aromatic heterocycles. The van der Waals surface area contributed by atoms with Gasteiger partial charge < -0.3 is 5.11 Å². The fourth-order valence-corrected chi connectivity index (χ4v) is 1.41. The molecule has 0 bridgehead atoms. The van der Waals surface area contributed by atoms with Gasteiger partial charge in [0.2, 0.25) is 0 Å². The maximum atomic E-state index is 13.4. The predicted octanol–water partition coefficient (Wildman–Crippen LogP) is 2.43. The predicted molar refractivity (Wildman–Crippen MR) is 52.3 cm³/mol. The molecule has 0 spiro atoms. The molecule has 0 aliphatic rings. The molecule has 1 unspecified atom stereocenters. The van der Waals surface area contributed by atoms with Gasteiger partial charge in [-0.25, -0.2) is 4.39 Å². The highest BCUT2D eigenvalue weighted by Gasteiger charge is 2.07. The van der Waals surface area contributed by atoms with Gasteiger partial charge in [-0.2, -0.15) is 0 Å². The smallest absolute Gasteiger partial charge is 0.149 e. The van der Waals surface area contributed by atoms with E-state index in [1.54, 1.807) is 31.3 Å². The summed E-state index contributed by atoms with van der Waals surface area (Å²) in [6, 6.07) is 6.58. The molecule has 1 aromatic carbocycles. The Morgan fingerprint density at radius 2 is 2.21 bits per heavy atom. The average molecular weight is 191 g/mol. The number of hydrogen-bond acceptors (Lipinski definition) is 2. The van der Waals surface area contributed by atoms with Crippen LogP contribution in [0.2, 0.25) is 0 Å². The van der Waals surface area contributed by atoms with Crippen molar-refractivity contribution in [2.45, 2.75) is 13.0 Å². The minimum absolute atomic E-state index is 0.344. The standard InChI is InChI=1S/C11H10FNO/c1-7(14)9-5-8-3-2-4-13-11(8)10(12)6-9/h2-7,14H,1H3. The summed E-state index contributed by atoms with van der Waals surface area (Å²) in [5.41, 5.74) is 0.917. The second-order valence-corrected chi connectivity index (χ2v) is 3.25. The molecule has 0 aliphatic carbocycles. The molecule has 2 nitrogen and oxygen atoms in total. The van der Waals surface area contributed by atoms with Crippen LogP contribution in [0.15, 0.2) is 30.5 Å². The van der Waals surface area contributed by atoms with Gasteiger partial charge in [0.05, 0.1) is 6.10 Å². The molecule has 0 radical (unpaired) electrons. The summed E-state index contributed by atoms with van der Waals surface area (Å²) >= 11 is 0. The lowest BCUT2D eigenvalue weighted by Crippen LogP contribution is -1.93. The van der Waals surface area contributed by atoms with Crippen LogP contribution in [0.25, 0.3) is 10.9 Å². The third-order valence-electron chi connectivity index (χ3n) is 2.16. The summed E-state index contributed by atoms with van der Waals surface area (Å²) in [4.78, 5) is 3.92. The van der Waals surface area contributed by atoms with E-state index in [0.29, 0.717) is 16.5 Å². The third-order valence-corrected chi connectivity index (χ3v) is 2.16. The van der Waals surface area contributed by atoms with Crippen molar-refractivity contribution in [3.63, 3.8) is 0 Å². The first-order chi connectivity index (χ1) is 6.68. The zero-order valence-electron chi connectivity index (χ0n) is 7.74. The second-order valence-electron chi connectivity index (χ2n) is 3.25. The number of nitrogens with zero attached hydrogens (tertiary/aromatic N) is 1. The van der Waals surface area contributed by atoms with Crippen LogP contribution < -0.4 is 0 Å². The zero-order chi connectivity index (χ0) is 10.1. The van der Waals surface area contributed by atoms with Crippen molar-refractivity contribution in [2.24, 2.45) is 0 Å². The van der Waals surface area contributed by atoms with E-state index in [4.69, 9.17) is 0 Å². The van der Waals surface area contributed by atoms with E-state index >= 15 is 0 Å². The van der Waals surface area contributed by atoms with Gasteiger partial charge in [0.25, 0.3) is 0 Å². The maximum Gasteiger partial charge on any atom is 0.149 e. The quantitative estimate of drug-likeness (QED) is 0.750. The van der Waals surface area contributed by atoms with Crippen LogP contribution in [0.5, 0.6) is 0 Å². The summed E-state index contributed by atoms with van der Waals surface area (Å²) in [5, 5.41) is 10.0. The molecule has 1 heterocycles. The van der Waals surface area contributed by atoms with Gasteiger partial charge in [-0.3, -0.25) is 4.98 Å². The van der Waals surface area contributed by atoms with Crippen LogP contribution in [0.4, 0.5) is 4.39 Å². The van der Waals surface area contributed by atoms with Crippen molar-refractivity contribution in [1.29, 1.82) is 0 Å². The number of halogens is 1. The fraction of sp³-hybridized carbons (Fsp3) is 0.182. The molecular formula is C11H10FNO. The SMILES string of the molecule is CC(O)c1cc(F)c2ncccc2c1. The molecule has 1 N–H and O–H groups in total. The Morgan fingerprint density at radius 3 is 2.93 bits per heavy atom. The second kappa shape index (κ2) is 3.35. The first kappa shape index (κ1) is 9.09. The highest BCUT2D eigenvalue weighted by Crippen LogP contribution is 2.21. The highest BCUT2D eigenvalue weighted by molar-refractivity contribution is 5.79. The topological polar surface area (TPSA) is 33.1 Å². The van der Waals surface area contributed by atoms with Crippen LogP contribution in [0.1, 0.15) is 18.6 Å². The van der Waals surface area contributed by atoms with Crippen LogP contribution >= 0.6 is 0 Å². The number of rotatable bonds is 1. The van der Waals surface area contributed by atoms with Crippen molar-refractivity contribution >= 4 is 10.9 Å². The fourth-order valence-electron chi connectivity index (χ4n) is 1.41. The molecule has 14 heavy (non-hydrogen) atoms. The Hall–Kier alpha value is -1.48. The van der Waals surface area contributed by atoms with Crippen molar-refractivity contribution in [3.05, 3.63) is 41.8 Å². The van der Waals surface area contributed by atoms with Gasteiger partial charge in [0.1, 0.15) is 11.3 Å². The van der Waals surface area contributed by atoms with Crippen LogP contribution in [0, 0.1) is 5.82 Å². The first-order valence-electron chi connectivity index (χ1n) is 4.41. The third kappa shape index (κ3) is 1.46. The Balaban J connectivity index is 2.72. The van der Waals surface area contributed by atoms with Gasteiger partial charge in [-0.1, -0.05) is 6.07 Å². The lowest BCUT2D eigenvalue weighted by Gasteiger charge is -2.06. The Morgan fingerprint density at radius 1 is 1.43 bits per heavy atom. The van der Waals surface area contributed by atoms with E-state index in [1.165, 1.54) is 6.07 Å². The van der Waals surface area contributed by atoms with Crippen LogP contribution in [-0.4, -0.2) is 10.1 Å². The van der Waals surface area contributed by atoms with Gasteiger partial charge in [-0.05, 0) is 30.7 Å². The monoisotopic (exact) mass is 191 g/mol. The molecule has 1 atom stereocenters. The lowest BCUT2D eigenvalue weighted by atomic mass is 10.1. The summed E-state index contributed by atoms with van der Waals surface area (Å²) < 4.78 is 13.4. The van der Waals surface area contributed by atoms with E-state index in [1.807, 2.05) is 0 Å². The molecule has 0 aliphatic heterocycles. The van der Waals surface area contributed by atoms with E-state index in [-0.39, 0.29) is 5.82 Å². The van der Waals surface area contributed by atoms with Crippen LogP contribution in [0.3, 0.4) is 0 Å². The molecule has 3 heteroatoms. The van der Waals surface area contributed by atoms with Crippen molar-refractivity contribution in [1.82, 2.24) is 4.98 Å². The minimum Gasteiger partial charge on any atom is -0.389 e. The number of hydrogen-bond donors (Lipinski definition) is 1. The number of aromatic nitrogens is 1. The maximum absolute atomic E-state index is 13.4. The largest absolute Gasteiger partial charge is 0.389 e. The molecule has 0 amide bonds. The van der Waals surface area contributed by atoms with Crippen molar-refractivity contribution in [2.75, 3.05) is 0 Å². The summed E-state index contributed by atoms with van der Waals surface area (Å²) in [5.74, 6) is -0.390. The number of aliphatic hydroxyl groups excluding tert-OH is 1. The Labute approximate surface area is 81.0 Å². The highest BCUT2D eigenvalue weighted by atomic mass is 19.1. The van der Waals surface area contributed by atoms with E-state index in [2.05, 4.69) is 4.98 Å². The van der Waals surface area contributed by atoms with Crippen molar-refractivity contribution < 1.29 is 9.50 Å². The van der Waals surface area contributed by atoms with E-state index in [0.717, 1.165) is 0 Å². The lowest BCUT2D eigenvalue weighted by molar-refractivity contribution is 0.199. The number of benzene rings is 1. The average Bonchev–Trinajstić information content (AvgIpc) is 2.17. The van der Waals surface area contributed by atoms with Gasteiger partial charge in [-0.15, -0.1) is 0 Å². The Bertz CT molecular complexity index is 468. The zero-order valence-corrected chi connectivity index (χ0v) is 7.74. The minimum atomic E-state index is -0.658. The summed E-state index contributed by atoms with van der Waals surface area (Å²) in [7, 11) is 0. The van der Waals surface area contributed by atoms with Gasteiger partial charge >= 0.3 is 0 Å². The van der Waals surface area contributed by atoms with E-state index in [9.17, 15) is 9.50 Å². The molecular weight excluding hydrogens is 181 g/mol. The molecule has 0 saturated heterocycles. The van der Waals surface area contributed by atoms with E-state index < -0.39 is 6.10 Å². The number of fused-ring (bicyclic) bond motifs is 1. The number of pyridine rings is 1. The van der Waals surface area contributed by atoms with Crippen LogP contribution in [-0.2, 0) is 0 Å². The normalized spacial score (nSPS) is 13.1. The van der Waals surface area contributed by atoms with Crippen molar-refractivity contribution in [3.8, 4) is 0 Å². The summed E-state index contributed by atoms with van der Waals surface area (Å²) in [6.07, 6.45) is 0.891. The summed E-state index contributed by atoms with van der Waals surface area (Å²) in [6.45, 7) is 1.61. The molecule has 0 saturated carbocycles.